The first kappa shape index (κ1) is 17.1. The van der Waals surface area contributed by atoms with E-state index in [1.54, 1.807) is 18.0 Å². The van der Waals surface area contributed by atoms with Crippen LogP contribution in [0.1, 0.15) is 43.4 Å². The Morgan fingerprint density at radius 2 is 1.96 bits per heavy atom. The normalized spacial score (nSPS) is 16.3. The third kappa shape index (κ3) is 2.83. The van der Waals surface area contributed by atoms with Gasteiger partial charge in [-0.3, -0.25) is 24.5 Å². The van der Waals surface area contributed by atoms with E-state index in [1.165, 1.54) is 0 Å². The van der Waals surface area contributed by atoms with Crippen molar-refractivity contribution in [2.75, 3.05) is 12.4 Å². The minimum absolute atomic E-state index is 0.0194. The van der Waals surface area contributed by atoms with Crippen molar-refractivity contribution in [3.05, 3.63) is 51.9 Å². The number of nitrogens with zero attached hydrogens (tertiary/aromatic N) is 2. The second-order valence-electron chi connectivity index (χ2n) is 6.90. The molecule has 3 N–H and O–H groups in total. The summed E-state index contributed by atoms with van der Waals surface area (Å²) in [4.78, 5) is 25.0. The molecule has 4 rings (SSSR count). The molecule has 3 aromatic rings. The van der Waals surface area contributed by atoms with Crippen LogP contribution < -0.4 is 15.6 Å². The number of aromatic nitrogens is 4. The standard InChI is InChI=1S/C19H21N5O3/c1-10(2)24-18-16(19(26)23-24)13(8-15(25)21-18)14-9-20-22-17(14)11-4-6-12(27-3)7-5-11/h4-7,9-10,13H,8H2,1-3H3,(H,20,22)(H,21,25)(H,23,26)/t13-/m1/s1. The molecule has 1 amide bonds. The summed E-state index contributed by atoms with van der Waals surface area (Å²) in [5.41, 5.74) is 2.91. The van der Waals surface area contributed by atoms with E-state index in [-0.39, 0.29) is 29.8 Å². The predicted molar refractivity (Wildman–Crippen MR) is 101 cm³/mol. The van der Waals surface area contributed by atoms with E-state index in [9.17, 15) is 9.59 Å². The van der Waals surface area contributed by atoms with Crippen LogP contribution in [-0.2, 0) is 4.79 Å². The fourth-order valence-corrected chi connectivity index (χ4v) is 3.59. The second-order valence-corrected chi connectivity index (χ2v) is 6.90. The van der Waals surface area contributed by atoms with E-state index >= 15 is 0 Å². The first-order chi connectivity index (χ1) is 13.0. The summed E-state index contributed by atoms with van der Waals surface area (Å²) in [6, 6.07) is 7.58. The molecule has 0 fully saturated rings. The first-order valence-corrected chi connectivity index (χ1v) is 8.81. The van der Waals surface area contributed by atoms with Gasteiger partial charge in [-0.2, -0.15) is 5.10 Å². The molecule has 140 valence electrons. The Labute approximate surface area is 155 Å². The van der Waals surface area contributed by atoms with Gasteiger partial charge in [0.1, 0.15) is 11.6 Å². The van der Waals surface area contributed by atoms with Crippen molar-refractivity contribution in [2.45, 2.75) is 32.2 Å². The minimum atomic E-state index is -0.367. The number of hydrogen-bond donors (Lipinski definition) is 3. The van der Waals surface area contributed by atoms with Gasteiger partial charge in [-0.05, 0) is 38.1 Å². The number of anilines is 1. The Kier molecular flexibility index (Phi) is 4.10. The lowest BCUT2D eigenvalue weighted by Gasteiger charge is -2.24. The number of benzene rings is 1. The molecule has 1 aliphatic rings. The van der Waals surface area contributed by atoms with Crippen LogP contribution in [-0.4, -0.2) is 33.0 Å². The Bertz CT molecular complexity index is 1040. The third-order valence-corrected chi connectivity index (χ3v) is 4.90. The van der Waals surface area contributed by atoms with Crippen LogP contribution in [0.2, 0.25) is 0 Å². The highest BCUT2D eigenvalue weighted by molar-refractivity contribution is 5.94. The first-order valence-electron chi connectivity index (χ1n) is 8.81. The number of carbonyl (C=O) groups is 1. The predicted octanol–water partition coefficient (Wildman–Crippen LogP) is 2.63. The number of rotatable bonds is 4. The van der Waals surface area contributed by atoms with Gasteiger partial charge in [0.2, 0.25) is 5.91 Å². The molecule has 27 heavy (non-hydrogen) atoms. The Balaban J connectivity index is 1.83. The zero-order chi connectivity index (χ0) is 19.1. The zero-order valence-corrected chi connectivity index (χ0v) is 15.4. The summed E-state index contributed by atoms with van der Waals surface area (Å²) >= 11 is 0. The van der Waals surface area contributed by atoms with E-state index in [0.717, 1.165) is 22.6 Å². The molecule has 3 heterocycles. The van der Waals surface area contributed by atoms with Crippen LogP contribution in [0.15, 0.2) is 35.3 Å². The smallest absolute Gasteiger partial charge is 0.270 e. The second kappa shape index (κ2) is 6.46. The van der Waals surface area contributed by atoms with Crippen molar-refractivity contribution in [1.82, 2.24) is 20.0 Å². The van der Waals surface area contributed by atoms with Crippen molar-refractivity contribution in [2.24, 2.45) is 0 Å². The molecule has 1 aliphatic heterocycles. The lowest BCUT2D eigenvalue weighted by Crippen LogP contribution is -2.27. The number of nitrogens with one attached hydrogen (secondary N) is 3. The average molecular weight is 367 g/mol. The van der Waals surface area contributed by atoms with Gasteiger partial charge in [0.15, 0.2) is 0 Å². The van der Waals surface area contributed by atoms with E-state index in [0.29, 0.717) is 11.4 Å². The van der Waals surface area contributed by atoms with E-state index in [4.69, 9.17) is 4.74 Å². The van der Waals surface area contributed by atoms with Gasteiger partial charge in [0.25, 0.3) is 5.56 Å². The molecule has 0 bridgehead atoms. The monoisotopic (exact) mass is 367 g/mol. The maximum Gasteiger partial charge on any atom is 0.270 e. The number of methoxy groups -OCH3 is 1. The summed E-state index contributed by atoms with van der Waals surface area (Å²) in [6.07, 6.45) is 1.89. The highest BCUT2D eigenvalue weighted by Crippen LogP contribution is 2.39. The Morgan fingerprint density at radius 1 is 1.22 bits per heavy atom. The molecule has 0 saturated carbocycles. The maximum absolute atomic E-state index is 12.7. The van der Waals surface area contributed by atoms with Crippen molar-refractivity contribution in [3.8, 4) is 17.0 Å². The Hall–Kier alpha value is -3.29. The van der Waals surface area contributed by atoms with Crippen LogP contribution in [0.25, 0.3) is 11.3 Å². The van der Waals surface area contributed by atoms with Crippen LogP contribution in [0.3, 0.4) is 0 Å². The van der Waals surface area contributed by atoms with E-state index in [2.05, 4.69) is 20.6 Å². The van der Waals surface area contributed by atoms with Gasteiger partial charge in [0.05, 0.1) is 24.6 Å². The molecule has 0 unspecified atom stereocenters. The quantitative estimate of drug-likeness (QED) is 0.659. The van der Waals surface area contributed by atoms with Crippen LogP contribution in [0.5, 0.6) is 5.75 Å². The van der Waals surface area contributed by atoms with Crippen molar-refractivity contribution in [1.29, 1.82) is 0 Å². The average Bonchev–Trinajstić information content (AvgIpc) is 3.26. The number of H-pyrrole nitrogens is 2. The molecule has 0 radical (unpaired) electrons. The Morgan fingerprint density at radius 3 is 2.63 bits per heavy atom. The molecule has 1 aromatic carbocycles. The number of hydrogen-bond acceptors (Lipinski definition) is 4. The summed E-state index contributed by atoms with van der Waals surface area (Å²) in [5, 5.41) is 12.9. The summed E-state index contributed by atoms with van der Waals surface area (Å²) in [7, 11) is 1.62. The van der Waals surface area contributed by atoms with Crippen molar-refractivity contribution in [3.63, 3.8) is 0 Å². The highest BCUT2D eigenvalue weighted by Gasteiger charge is 2.35. The zero-order valence-electron chi connectivity index (χ0n) is 15.4. The summed E-state index contributed by atoms with van der Waals surface area (Å²) in [5.74, 6) is 0.805. The van der Waals surface area contributed by atoms with Gasteiger partial charge in [-0.25, -0.2) is 0 Å². The fraction of sp³-hybridized carbons (Fsp3) is 0.316. The number of amides is 1. The van der Waals surface area contributed by atoms with Crippen LogP contribution >= 0.6 is 0 Å². The van der Waals surface area contributed by atoms with Crippen molar-refractivity contribution < 1.29 is 9.53 Å². The third-order valence-electron chi connectivity index (χ3n) is 4.90. The SMILES string of the molecule is COc1ccc(-c2[nH]ncc2[C@H]2CC(=O)Nc3c2c(=O)[nH]n3C(C)C)cc1. The van der Waals surface area contributed by atoms with Crippen LogP contribution in [0, 0.1) is 0 Å². The molecule has 8 heteroatoms. The fourth-order valence-electron chi connectivity index (χ4n) is 3.59. The van der Waals surface area contributed by atoms with Crippen LogP contribution in [0.4, 0.5) is 5.82 Å². The molecule has 0 aliphatic carbocycles. The summed E-state index contributed by atoms with van der Waals surface area (Å²) < 4.78 is 6.91. The van der Waals surface area contributed by atoms with Gasteiger partial charge in [-0.1, -0.05) is 0 Å². The molecule has 1 atom stereocenters. The van der Waals surface area contributed by atoms with E-state index < -0.39 is 0 Å². The summed E-state index contributed by atoms with van der Waals surface area (Å²) in [6.45, 7) is 3.90. The lowest BCUT2D eigenvalue weighted by molar-refractivity contribution is -0.116. The van der Waals surface area contributed by atoms with Gasteiger partial charge in [0, 0.05) is 29.5 Å². The minimum Gasteiger partial charge on any atom is -0.497 e. The van der Waals surface area contributed by atoms with Crippen molar-refractivity contribution >= 4 is 11.7 Å². The number of carbonyl (C=O) groups excluding carboxylic acids is 1. The van der Waals surface area contributed by atoms with Gasteiger partial charge < -0.3 is 10.1 Å². The number of ether oxygens (including phenoxy) is 1. The number of fused-ring (bicyclic) bond motifs is 1. The molecule has 0 spiro atoms. The maximum atomic E-state index is 12.7. The van der Waals surface area contributed by atoms with Gasteiger partial charge in [-0.15, -0.1) is 0 Å². The molecule has 2 aromatic heterocycles. The molecular weight excluding hydrogens is 346 g/mol. The van der Waals surface area contributed by atoms with E-state index in [1.807, 2.05) is 38.1 Å². The topological polar surface area (TPSA) is 105 Å². The lowest BCUT2D eigenvalue weighted by atomic mass is 9.86. The van der Waals surface area contributed by atoms with Gasteiger partial charge >= 0.3 is 0 Å². The molecule has 8 nitrogen and oxygen atoms in total. The largest absolute Gasteiger partial charge is 0.497 e. The molecule has 0 saturated heterocycles. The highest BCUT2D eigenvalue weighted by atomic mass is 16.5. The molecular formula is C19H21N5O3. The number of aromatic amines is 2.